The Morgan fingerprint density at radius 1 is 1.06 bits per heavy atom. The number of hydrogen-bond acceptors (Lipinski definition) is 6. The topological polar surface area (TPSA) is 125 Å². The van der Waals surface area contributed by atoms with Gasteiger partial charge in [-0.1, -0.05) is 23.7 Å². The summed E-state index contributed by atoms with van der Waals surface area (Å²) in [6.45, 7) is 0. The van der Waals surface area contributed by atoms with Crippen molar-refractivity contribution in [1.82, 2.24) is 20.2 Å². The Morgan fingerprint density at radius 2 is 1.78 bits per heavy atom. The molecular formula is C23H12ClF4N5O3. The summed E-state index contributed by atoms with van der Waals surface area (Å²) in [6, 6.07) is 11.6. The minimum absolute atomic E-state index is 0.00756. The molecule has 0 amide bonds. The first-order valence-corrected chi connectivity index (χ1v) is 10.3. The first-order chi connectivity index (χ1) is 17.0. The van der Waals surface area contributed by atoms with Gasteiger partial charge in [-0.3, -0.25) is 9.59 Å². The van der Waals surface area contributed by atoms with Gasteiger partial charge in [0.2, 0.25) is 5.75 Å². The molecule has 13 heteroatoms. The van der Waals surface area contributed by atoms with Crippen molar-refractivity contribution in [3.05, 3.63) is 103 Å². The summed E-state index contributed by atoms with van der Waals surface area (Å²) in [5.74, 6) is -2.34. The highest BCUT2D eigenvalue weighted by molar-refractivity contribution is 6.30. The number of hydrogen-bond donors (Lipinski definition) is 2. The predicted molar refractivity (Wildman–Crippen MR) is 119 cm³/mol. The number of nitrogens with one attached hydrogen (secondary N) is 2. The highest BCUT2D eigenvalue weighted by atomic mass is 35.5. The van der Waals surface area contributed by atoms with Gasteiger partial charge in [0.1, 0.15) is 17.4 Å². The smallest absolute Gasteiger partial charge is 0.437 e. The second-order valence-corrected chi connectivity index (χ2v) is 7.80. The van der Waals surface area contributed by atoms with Gasteiger partial charge < -0.3 is 9.72 Å². The lowest BCUT2D eigenvalue weighted by Crippen LogP contribution is -2.22. The largest absolute Gasteiger partial charge is 0.449 e. The van der Waals surface area contributed by atoms with Gasteiger partial charge in [0.25, 0.3) is 11.1 Å². The first-order valence-electron chi connectivity index (χ1n) is 9.97. The van der Waals surface area contributed by atoms with Gasteiger partial charge in [-0.05, 0) is 42.0 Å². The van der Waals surface area contributed by atoms with E-state index >= 15 is 0 Å². The molecule has 0 bridgehead atoms. The van der Waals surface area contributed by atoms with Gasteiger partial charge in [-0.25, -0.2) is 14.5 Å². The standard InChI is InChI=1S/C23H12ClF4N5O3/c24-13-5-11(10-29)6-16(7-13)36-19-20(23(26,27)28)30-18(31-22(19)35)9-15-8-17(21(34)33-32-15)12-1-3-14(25)4-2-12/h1-8H,9H2,(H,33,34)(H,30,31,35). The summed E-state index contributed by atoms with van der Waals surface area (Å²) in [6.07, 6.45) is -5.47. The van der Waals surface area contributed by atoms with Crippen molar-refractivity contribution in [1.29, 1.82) is 5.26 Å². The molecule has 0 fully saturated rings. The summed E-state index contributed by atoms with van der Waals surface area (Å²) >= 11 is 5.85. The minimum atomic E-state index is -5.08. The van der Waals surface area contributed by atoms with Crippen LogP contribution < -0.4 is 15.9 Å². The fourth-order valence-electron chi connectivity index (χ4n) is 3.24. The van der Waals surface area contributed by atoms with Crippen LogP contribution in [0.4, 0.5) is 17.6 Å². The zero-order valence-electron chi connectivity index (χ0n) is 17.8. The molecule has 0 radical (unpaired) electrons. The second kappa shape index (κ2) is 9.63. The van der Waals surface area contributed by atoms with E-state index in [0.717, 1.165) is 24.3 Å². The fourth-order valence-corrected chi connectivity index (χ4v) is 3.46. The number of alkyl halides is 3. The molecule has 182 valence electrons. The van der Waals surface area contributed by atoms with Crippen molar-refractivity contribution in [3.8, 4) is 28.7 Å². The normalized spacial score (nSPS) is 11.2. The quantitative estimate of drug-likeness (QED) is 0.373. The molecule has 0 aliphatic heterocycles. The Balaban J connectivity index is 1.72. The van der Waals surface area contributed by atoms with E-state index in [4.69, 9.17) is 21.6 Å². The van der Waals surface area contributed by atoms with Crippen LogP contribution in [0, 0.1) is 17.1 Å². The zero-order chi connectivity index (χ0) is 26.0. The third kappa shape index (κ3) is 5.42. The Bertz CT molecular complexity index is 1610. The minimum Gasteiger partial charge on any atom is -0.449 e. The van der Waals surface area contributed by atoms with Crippen LogP contribution in [0.1, 0.15) is 22.8 Å². The summed E-state index contributed by atoms with van der Waals surface area (Å²) in [5, 5.41) is 15.0. The summed E-state index contributed by atoms with van der Waals surface area (Å²) in [7, 11) is 0. The van der Waals surface area contributed by atoms with Gasteiger partial charge in [0.05, 0.1) is 22.9 Å². The fraction of sp³-hybridized carbons (Fsp3) is 0.0870. The number of rotatable bonds is 5. The van der Waals surface area contributed by atoms with E-state index in [2.05, 4.69) is 20.2 Å². The summed E-state index contributed by atoms with van der Waals surface area (Å²) < 4.78 is 59.7. The molecule has 2 heterocycles. The zero-order valence-corrected chi connectivity index (χ0v) is 18.5. The maximum absolute atomic E-state index is 13.8. The average Bonchev–Trinajstić information content (AvgIpc) is 2.81. The van der Waals surface area contributed by atoms with Crippen molar-refractivity contribution >= 4 is 11.6 Å². The predicted octanol–water partition coefficient (Wildman–Crippen LogP) is 4.59. The molecule has 0 aliphatic rings. The lowest BCUT2D eigenvalue weighted by molar-refractivity contribution is -0.142. The van der Waals surface area contributed by atoms with E-state index in [1.807, 2.05) is 0 Å². The summed E-state index contributed by atoms with van der Waals surface area (Å²) in [5.41, 5.74) is -2.93. The molecule has 2 aromatic carbocycles. The van der Waals surface area contributed by atoms with E-state index in [0.29, 0.717) is 5.56 Å². The van der Waals surface area contributed by atoms with E-state index in [1.165, 1.54) is 24.3 Å². The molecule has 2 N–H and O–H groups in total. The molecule has 2 aromatic heterocycles. The van der Waals surface area contributed by atoms with Crippen LogP contribution in [-0.2, 0) is 12.6 Å². The Morgan fingerprint density at radius 3 is 2.44 bits per heavy atom. The number of aromatic nitrogens is 4. The Hall–Kier alpha value is -4.50. The van der Waals surface area contributed by atoms with E-state index in [9.17, 15) is 27.2 Å². The molecule has 0 unspecified atom stereocenters. The third-order valence-corrected chi connectivity index (χ3v) is 4.99. The van der Waals surface area contributed by atoms with Gasteiger partial charge >= 0.3 is 6.18 Å². The summed E-state index contributed by atoms with van der Waals surface area (Å²) in [4.78, 5) is 30.5. The van der Waals surface area contributed by atoms with Crippen molar-refractivity contribution < 1.29 is 22.3 Å². The molecule has 0 saturated heterocycles. The maximum atomic E-state index is 13.8. The van der Waals surface area contributed by atoms with Crippen molar-refractivity contribution in [2.45, 2.75) is 12.6 Å². The number of nitrogens with zero attached hydrogens (tertiary/aromatic N) is 3. The van der Waals surface area contributed by atoms with Crippen molar-refractivity contribution in [3.63, 3.8) is 0 Å². The van der Waals surface area contributed by atoms with Crippen LogP contribution in [0.3, 0.4) is 0 Å². The van der Waals surface area contributed by atoms with Crippen LogP contribution >= 0.6 is 11.6 Å². The maximum Gasteiger partial charge on any atom is 0.437 e. The van der Waals surface area contributed by atoms with Crippen LogP contribution in [0.2, 0.25) is 5.02 Å². The van der Waals surface area contributed by atoms with Gasteiger partial charge in [-0.15, -0.1) is 0 Å². The SMILES string of the molecule is N#Cc1cc(Cl)cc(Oc2c(C(F)(F)F)nc(Cc3cc(-c4ccc(F)cc4)c(=O)[nH]n3)[nH]c2=O)c1. The lowest BCUT2D eigenvalue weighted by Gasteiger charge is -2.14. The molecule has 0 spiro atoms. The molecular weight excluding hydrogens is 506 g/mol. The first kappa shape index (κ1) is 24.6. The highest BCUT2D eigenvalue weighted by Gasteiger charge is 2.39. The second-order valence-electron chi connectivity index (χ2n) is 7.36. The van der Waals surface area contributed by atoms with E-state index in [-0.39, 0.29) is 34.0 Å². The molecule has 0 atom stereocenters. The lowest BCUT2D eigenvalue weighted by atomic mass is 10.1. The third-order valence-electron chi connectivity index (χ3n) is 4.78. The Kier molecular flexibility index (Phi) is 6.59. The van der Waals surface area contributed by atoms with Gasteiger partial charge in [0.15, 0.2) is 5.69 Å². The number of H-pyrrole nitrogens is 2. The van der Waals surface area contributed by atoms with Crippen molar-refractivity contribution in [2.24, 2.45) is 0 Å². The van der Waals surface area contributed by atoms with Crippen LogP contribution in [0.15, 0.2) is 58.1 Å². The van der Waals surface area contributed by atoms with E-state index < -0.39 is 40.4 Å². The molecule has 0 aliphatic carbocycles. The molecule has 4 aromatic rings. The Labute approximate surface area is 203 Å². The molecule has 8 nitrogen and oxygen atoms in total. The number of halogens is 5. The van der Waals surface area contributed by atoms with E-state index in [1.54, 1.807) is 6.07 Å². The van der Waals surface area contributed by atoms with Gasteiger partial charge in [0, 0.05) is 11.4 Å². The van der Waals surface area contributed by atoms with Crippen LogP contribution in [0.5, 0.6) is 11.5 Å². The average molecular weight is 518 g/mol. The molecule has 0 saturated carbocycles. The number of aromatic amines is 2. The van der Waals surface area contributed by atoms with Gasteiger partial charge in [-0.2, -0.15) is 23.5 Å². The van der Waals surface area contributed by atoms with Crippen LogP contribution in [0.25, 0.3) is 11.1 Å². The number of benzene rings is 2. The molecule has 36 heavy (non-hydrogen) atoms. The van der Waals surface area contributed by atoms with Crippen molar-refractivity contribution in [2.75, 3.05) is 0 Å². The monoisotopic (exact) mass is 517 g/mol. The highest BCUT2D eigenvalue weighted by Crippen LogP contribution is 2.35. The number of ether oxygens (including phenoxy) is 1. The molecule has 4 rings (SSSR count). The number of nitriles is 1. The van der Waals surface area contributed by atoms with Crippen LogP contribution in [-0.4, -0.2) is 20.2 Å².